The molecule has 3 nitrogen and oxygen atoms in total. The van der Waals surface area contributed by atoms with Crippen molar-refractivity contribution < 1.29 is 22.7 Å². The Morgan fingerprint density at radius 3 is 2.52 bits per heavy atom. The van der Waals surface area contributed by atoms with Gasteiger partial charge in [0.05, 0.1) is 11.1 Å². The van der Waals surface area contributed by atoms with E-state index in [1.54, 1.807) is 16.8 Å². The summed E-state index contributed by atoms with van der Waals surface area (Å²) in [6.07, 6.45) is -2.37. The summed E-state index contributed by atoms with van der Waals surface area (Å²) in [4.78, 5) is 11.2. The van der Waals surface area contributed by atoms with Crippen LogP contribution in [0.5, 0.6) is 0 Å². The number of carbonyl (C=O) groups excluding carboxylic acids is 1. The fourth-order valence-corrected chi connectivity index (χ4v) is 3.04. The van der Waals surface area contributed by atoms with Crippen molar-refractivity contribution in [2.24, 2.45) is 0 Å². The van der Waals surface area contributed by atoms with E-state index in [9.17, 15) is 18.0 Å². The summed E-state index contributed by atoms with van der Waals surface area (Å²) in [5.74, 6) is 0. The topological polar surface area (TPSA) is 31.2 Å². The third-order valence-electron chi connectivity index (χ3n) is 3.57. The number of halogens is 3. The van der Waals surface area contributed by atoms with Crippen molar-refractivity contribution >= 4 is 25.3 Å². The molecule has 0 atom stereocenters. The molecule has 2 aromatic rings. The van der Waals surface area contributed by atoms with Crippen molar-refractivity contribution in [3.63, 3.8) is 0 Å². The van der Waals surface area contributed by atoms with Crippen molar-refractivity contribution in [1.82, 2.24) is 4.57 Å². The Kier molecular flexibility index (Phi) is 5.00. The number of benzene rings is 1. The number of hydrogen-bond donors (Lipinski definition) is 0. The first-order valence-corrected chi connectivity index (χ1v) is 11.1. The summed E-state index contributed by atoms with van der Waals surface area (Å²) < 4.78 is 45.9. The van der Waals surface area contributed by atoms with E-state index >= 15 is 0 Å². The number of alkyl halides is 3. The lowest BCUT2D eigenvalue weighted by Crippen LogP contribution is -2.22. The molecule has 126 valence electrons. The van der Waals surface area contributed by atoms with Gasteiger partial charge in [-0.2, -0.15) is 13.2 Å². The molecule has 0 radical (unpaired) electrons. The van der Waals surface area contributed by atoms with Crippen LogP contribution in [0.4, 0.5) is 13.2 Å². The third kappa shape index (κ3) is 4.45. The molecule has 0 amide bonds. The molecule has 0 aliphatic carbocycles. The Bertz CT molecular complexity index is 702. The third-order valence-corrected chi connectivity index (χ3v) is 5.28. The summed E-state index contributed by atoms with van der Waals surface area (Å²) in [6.45, 7) is 7.55. The van der Waals surface area contributed by atoms with Gasteiger partial charge in [0.25, 0.3) is 0 Å². The van der Waals surface area contributed by atoms with Crippen LogP contribution in [-0.4, -0.2) is 25.5 Å². The largest absolute Gasteiger partial charge is 0.416 e. The second-order valence-electron chi connectivity index (χ2n) is 6.75. The van der Waals surface area contributed by atoms with E-state index in [0.717, 1.165) is 18.2 Å². The van der Waals surface area contributed by atoms with Crippen LogP contribution in [0.25, 0.3) is 10.9 Å². The van der Waals surface area contributed by atoms with E-state index in [1.165, 1.54) is 0 Å². The Morgan fingerprint density at radius 1 is 1.26 bits per heavy atom. The molecule has 0 unspecified atom stereocenters. The smallest absolute Gasteiger partial charge is 0.361 e. The predicted molar refractivity (Wildman–Crippen MR) is 86.4 cm³/mol. The first-order valence-electron chi connectivity index (χ1n) is 7.35. The molecular formula is C16H20F3NO2Si. The molecule has 0 fully saturated rings. The average Bonchev–Trinajstić information content (AvgIpc) is 2.84. The summed E-state index contributed by atoms with van der Waals surface area (Å²) in [5, 5.41) is 0.385. The second-order valence-corrected chi connectivity index (χ2v) is 12.4. The zero-order chi connectivity index (χ0) is 17.3. The Hall–Kier alpha value is -1.60. The molecule has 1 aromatic carbocycles. The van der Waals surface area contributed by atoms with Crippen LogP contribution in [-0.2, 0) is 17.6 Å². The summed E-state index contributed by atoms with van der Waals surface area (Å²) in [6, 6.07) is 4.51. The minimum Gasteiger partial charge on any atom is -0.361 e. The number of fused-ring (bicyclic) bond motifs is 1. The molecule has 23 heavy (non-hydrogen) atoms. The molecule has 0 saturated carbocycles. The molecule has 1 heterocycles. The van der Waals surface area contributed by atoms with Gasteiger partial charge in [0.1, 0.15) is 6.73 Å². The number of aldehydes is 1. The van der Waals surface area contributed by atoms with Gasteiger partial charge < -0.3 is 9.30 Å². The minimum atomic E-state index is -4.47. The SMILES string of the molecule is C[Si](C)(C)CCOCn1ccc2cc(C(F)(F)F)cc(C=O)c21. The quantitative estimate of drug-likeness (QED) is 0.429. The lowest BCUT2D eigenvalue weighted by Gasteiger charge is -2.16. The molecule has 7 heteroatoms. The normalized spacial score (nSPS) is 12.8. The molecule has 0 N–H and O–H groups in total. The van der Waals surface area contributed by atoms with Gasteiger partial charge in [-0.3, -0.25) is 4.79 Å². The van der Waals surface area contributed by atoms with Gasteiger partial charge in [-0.1, -0.05) is 19.6 Å². The highest BCUT2D eigenvalue weighted by Gasteiger charge is 2.31. The maximum atomic E-state index is 12.9. The van der Waals surface area contributed by atoms with Crippen LogP contribution in [0, 0.1) is 0 Å². The molecule has 0 aliphatic heterocycles. The van der Waals surface area contributed by atoms with Gasteiger partial charge in [0.2, 0.25) is 0 Å². The number of rotatable bonds is 6. The first kappa shape index (κ1) is 17.7. The lowest BCUT2D eigenvalue weighted by molar-refractivity contribution is -0.137. The van der Waals surface area contributed by atoms with Gasteiger partial charge in [-0.25, -0.2) is 0 Å². The number of aromatic nitrogens is 1. The fraction of sp³-hybridized carbons (Fsp3) is 0.438. The highest BCUT2D eigenvalue weighted by Crippen LogP contribution is 2.33. The second kappa shape index (κ2) is 6.49. The Labute approximate surface area is 134 Å². The number of hydrogen-bond acceptors (Lipinski definition) is 2. The maximum Gasteiger partial charge on any atom is 0.416 e. The monoisotopic (exact) mass is 343 g/mol. The standard InChI is InChI=1S/C16H20F3NO2Si/c1-23(2,3)7-6-22-11-20-5-4-12-8-14(16(17,18)19)9-13(10-21)15(12)20/h4-5,8-10H,6-7,11H2,1-3H3. The predicted octanol–water partition coefficient (Wildman–Crippen LogP) is 4.78. The van der Waals surface area contributed by atoms with E-state index in [2.05, 4.69) is 19.6 Å². The molecule has 0 spiro atoms. The van der Waals surface area contributed by atoms with E-state index < -0.39 is 19.8 Å². The molecular weight excluding hydrogens is 323 g/mol. The number of ether oxygens (including phenoxy) is 1. The molecule has 0 bridgehead atoms. The zero-order valence-corrected chi connectivity index (χ0v) is 14.4. The van der Waals surface area contributed by atoms with Crippen molar-refractivity contribution in [2.75, 3.05) is 6.61 Å². The van der Waals surface area contributed by atoms with Crippen molar-refractivity contribution in [3.8, 4) is 0 Å². The van der Waals surface area contributed by atoms with Crippen LogP contribution in [0.15, 0.2) is 24.4 Å². The van der Waals surface area contributed by atoms with Crippen LogP contribution < -0.4 is 0 Å². The van der Waals surface area contributed by atoms with Gasteiger partial charge in [0.15, 0.2) is 6.29 Å². The van der Waals surface area contributed by atoms with Gasteiger partial charge in [0, 0.05) is 31.8 Å². The van der Waals surface area contributed by atoms with Gasteiger partial charge in [-0.05, 0) is 24.2 Å². The maximum absolute atomic E-state index is 12.9. The van der Waals surface area contributed by atoms with Crippen LogP contribution in [0.3, 0.4) is 0 Å². The molecule has 0 saturated heterocycles. The minimum absolute atomic E-state index is 0.0219. The first-order chi connectivity index (χ1) is 10.6. The van der Waals surface area contributed by atoms with Crippen LogP contribution in [0.2, 0.25) is 25.7 Å². The van der Waals surface area contributed by atoms with Crippen molar-refractivity contribution in [2.45, 2.75) is 38.6 Å². The van der Waals surface area contributed by atoms with E-state index in [0.29, 0.717) is 23.8 Å². The summed E-state index contributed by atoms with van der Waals surface area (Å²) in [7, 11) is -1.19. The molecule has 1 aromatic heterocycles. The summed E-state index contributed by atoms with van der Waals surface area (Å²) >= 11 is 0. The highest BCUT2D eigenvalue weighted by molar-refractivity contribution is 6.76. The highest BCUT2D eigenvalue weighted by atomic mass is 28.3. The zero-order valence-electron chi connectivity index (χ0n) is 13.4. The van der Waals surface area contributed by atoms with Crippen molar-refractivity contribution in [3.05, 3.63) is 35.5 Å². The van der Waals surface area contributed by atoms with E-state index in [-0.39, 0.29) is 12.3 Å². The fourth-order valence-electron chi connectivity index (χ4n) is 2.29. The molecule has 2 rings (SSSR count). The lowest BCUT2D eigenvalue weighted by atomic mass is 10.1. The number of nitrogens with zero attached hydrogens (tertiary/aromatic N) is 1. The van der Waals surface area contributed by atoms with Crippen molar-refractivity contribution in [1.29, 1.82) is 0 Å². The summed E-state index contributed by atoms with van der Waals surface area (Å²) in [5.41, 5.74) is -0.320. The van der Waals surface area contributed by atoms with Crippen LogP contribution in [0.1, 0.15) is 15.9 Å². The van der Waals surface area contributed by atoms with E-state index in [1.807, 2.05) is 0 Å². The Morgan fingerprint density at radius 2 is 1.96 bits per heavy atom. The van der Waals surface area contributed by atoms with Gasteiger partial charge in [-0.15, -0.1) is 0 Å². The number of carbonyl (C=O) groups is 1. The van der Waals surface area contributed by atoms with E-state index in [4.69, 9.17) is 4.74 Å². The van der Waals surface area contributed by atoms with Crippen LogP contribution >= 0.6 is 0 Å². The van der Waals surface area contributed by atoms with Gasteiger partial charge >= 0.3 is 6.18 Å². The average molecular weight is 343 g/mol. The Balaban J connectivity index is 2.24. The molecule has 0 aliphatic rings.